The highest BCUT2D eigenvalue weighted by molar-refractivity contribution is 6.32. The lowest BCUT2D eigenvalue weighted by Crippen LogP contribution is -2.11. The number of benzene rings is 10. The Kier molecular flexibility index (Phi) is 12.3. The van der Waals surface area contributed by atoms with Gasteiger partial charge in [-0.1, -0.05) is 144 Å². The van der Waals surface area contributed by atoms with Crippen molar-refractivity contribution in [3.8, 4) is 66.8 Å². The zero-order valence-electron chi connectivity index (χ0n) is 43.6. The van der Waals surface area contributed by atoms with Crippen LogP contribution in [-0.2, 0) is 0 Å². The zero-order chi connectivity index (χ0) is 50.8. The number of rotatable bonds is 9. The number of anilines is 3. The monoisotopic (exact) mass is 964 g/mol. The van der Waals surface area contributed by atoms with Gasteiger partial charge in [-0.15, -0.1) is 0 Å². The van der Waals surface area contributed by atoms with Crippen molar-refractivity contribution in [2.45, 2.75) is 69.2 Å². The molecule has 1 N–H and O–H groups in total. The number of hydrogen-bond donors (Lipinski definition) is 1. The van der Waals surface area contributed by atoms with Gasteiger partial charge in [0, 0.05) is 43.9 Å². The van der Waals surface area contributed by atoms with Crippen molar-refractivity contribution in [3.63, 3.8) is 0 Å². The summed E-state index contributed by atoms with van der Waals surface area (Å²) < 4.78 is 0. The Labute approximate surface area is 436 Å². The van der Waals surface area contributed by atoms with E-state index in [1.165, 1.54) is 94.2 Å². The zero-order valence-corrected chi connectivity index (χ0v) is 44.4. The molecule has 73 heavy (non-hydrogen) atoms. The summed E-state index contributed by atoms with van der Waals surface area (Å²) in [6.45, 7) is 22.1. The Hall–Kier alpha value is -7.91. The van der Waals surface area contributed by atoms with Gasteiger partial charge in [0.15, 0.2) is 0 Å². The number of nitrogens with zero attached hydrogens (tertiary/aromatic N) is 1. The van der Waals surface area contributed by atoms with Crippen LogP contribution in [0.15, 0.2) is 182 Å². The normalized spacial score (nSPS) is 11.5. The maximum absolute atomic E-state index is 7.64. The highest BCUT2D eigenvalue weighted by Gasteiger charge is 2.23. The first-order valence-electron chi connectivity index (χ1n) is 25.5. The predicted molar refractivity (Wildman–Crippen MR) is 315 cm³/mol. The third-order valence-electron chi connectivity index (χ3n) is 15.0. The number of aromatic nitrogens is 1. The van der Waals surface area contributed by atoms with Crippen LogP contribution in [-0.4, -0.2) is 4.98 Å². The molecule has 0 spiro atoms. The van der Waals surface area contributed by atoms with Crippen molar-refractivity contribution in [3.05, 3.63) is 243 Å². The van der Waals surface area contributed by atoms with Crippen molar-refractivity contribution in [1.29, 1.82) is 0 Å². The van der Waals surface area contributed by atoms with E-state index in [4.69, 9.17) is 11.6 Å². The van der Waals surface area contributed by atoms with Gasteiger partial charge in [0.1, 0.15) is 0 Å². The molecule has 0 amide bonds. The fourth-order valence-electron chi connectivity index (χ4n) is 12.1. The minimum atomic E-state index is 0.701. The molecule has 0 aliphatic rings. The van der Waals surface area contributed by atoms with Gasteiger partial charge in [0.2, 0.25) is 0 Å². The molecule has 0 aliphatic heterocycles. The van der Waals surface area contributed by atoms with Crippen LogP contribution in [0.25, 0.3) is 88.6 Å². The number of hydrogen-bond acceptors (Lipinski definition) is 1. The van der Waals surface area contributed by atoms with Gasteiger partial charge in [-0.25, -0.2) is 0 Å². The van der Waals surface area contributed by atoms with E-state index in [-0.39, 0.29) is 0 Å². The van der Waals surface area contributed by atoms with E-state index in [0.717, 1.165) is 67.0 Å². The Balaban J connectivity index is 1.18. The number of aryl methyl sites for hydroxylation is 9. The van der Waals surface area contributed by atoms with E-state index < -0.39 is 0 Å². The summed E-state index contributed by atoms with van der Waals surface area (Å²) in [4.78, 5) is 6.36. The molecule has 1 aromatic heterocycles. The molecule has 0 saturated heterocycles. The highest BCUT2D eigenvalue weighted by Crippen LogP contribution is 2.47. The van der Waals surface area contributed by atoms with Gasteiger partial charge in [-0.2, -0.15) is 0 Å². The van der Waals surface area contributed by atoms with Crippen molar-refractivity contribution in [2.24, 2.45) is 0 Å². The van der Waals surface area contributed by atoms with Gasteiger partial charge >= 0.3 is 0 Å². The predicted octanol–water partition coefficient (Wildman–Crippen LogP) is 20.5. The van der Waals surface area contributed by atoms with Gasteiger partial charge in [0.25, 0.3) is 0 Å². The first-order chi connectivity index (χ1) is 35.2. The number of nitrogens with one attached hydrogen (secondary N) is 1. The van der Waals surface area contributed by atoms with Crippen LogP contribution >= 0.6 is 11.6 Å². The minimum absolute atomic E-state index is 0.701. The second-order valence-corrected chi connectivity index (χ2v) is 21.0. The molecule has 1 heterocycles. The van der Waals surface area contributed by atoms with Crippen molar-refractivity contribution >= 4 is 50.5 Å². The third-order valence-corrected chi connectivity index (χ3v) is 15.4. The van der Waals surface area contributed by atoms with E-state index in [1.807, 2.05) is 0 Å². The van der Waals surface area contributed by atoms with E-state index in [1.54, 1.807) is 0 Å². The second-order valence-electron chi connectivity index (χ2n) is 20.6. The Bertz CT molecular complexity index is 3820. The second kappa shape index (κ2) is 18.9. The molecule has 11 aromatic rings. The lowest BCUT2D eigenvalue weighted by Gasteiger charge is -2.28. The topological polar surface area (TPSA) is 19.0 Å². The van der Waals surface area contributed by atoms with Crippen molar-refractivity contribution in [2.75, 3.05) is 4.90 Å². The maximum atomic E-state index is 7.64. The molecule has 0 saturated carbocycles. The molecule has 358 valence electrons. The molecular weight excluding hydrogens is 904 g/mol. The summed E-state index contributed by atoms with van der Waals surface area (Å²) in [5.74, 6) is 0. The fraction of sp³-hybridized carbons (Fsp3) is 0.143. The molecule has 0 bridgehead atoms. The summed E-state index contributed by atoms with van der Waals surface area (Å²) in [6, 6.07) is 67.5. The molecule has 0 radical (unpaired) electrons. The highest BCUT2D eigenvalue weighted by atomic mass is 35.5. The average Bonchev–Trinajstić information content (AvgIpc) is 3.73. The quantitative estimate of drug-likeness (QED) is 0.153. The van der Waals surface area contributed by atoms with E-state index in [2.05, 4.69) is 261 Å². The van der Waals surface area contributed by atoms with E-state index in [0.29, 0.717) is 5.02 Å². The van der Waals surface area contributed by atoms with Gasteiger partial charge < -0.3 is 9.88 Å². The third kappa shape index (κ3) is 8.85. The summed E-state index contributed by atoms with van der Waals surface area (Å²) in [7, 11) is 0. The average molecular weight is 966 g/mol. The first-order valence-corrected chi connectivity index (χ1v) is 25.9. The Morgan fingerprint density at radius 1 is 0.329 bits per heavy atom. The largest absolute Gasteiger partial charge is 0.354 e. The summed E-state index contributed by atoms with van der Waals surface area (Å²) >= 11 is 7.64. The fourth-order valence-corrected chi connectivity index (χ4v) is 12.3. The lowest BCUT2D eigenvalue weighted by atomic mass is 9.88. The molecule has 0 atom stereocenters. The lowest BCUT2D eigenvalue weighted by molar-refractivity contribution is 1.27. The van der Waals surface area contributed by atoms with Crippen molar-refractivity contribution < 1.29 is 0 Å². The molecule has 0 unspecified atom stereocenters. The molecular formula is C70H61ClN2. The number of fused-ring (bicyclic) bond motifs is 3. The summed E-state index contributed by atoms with van der Waals surface area (Å²) in [5, 5.41) is 3.08. The SMILES string of the molecule is Cc1cc(C)c(-c2ccc(N(c3cc(-c4ccccc4)cc(-c4ccccc4)c3)c3cc(Cl)c(C)c(-c4cc(-c5c(C)cc(C)cc5C)cc5c4[nH]c4ccc(-c6c(C)cc(C)cc6C)cc45)c3)cc2)c(C)c1. The molecule has 0 fully saturated rings. The van der Waals surface area contributed by atoms with E-state index in [9.17, 15) is 0 Å². The number of halogens is 1. The summed E-state index contributed by atoms with van der Waals surface area (Å²) in [6.07, 6.45) is 0. The van der Waals surface area contributed by atoms with Gasteiger partial charge in [-0.05, 0) is 236 Å². The van der Waals surface area contributed by atoms with Crippen LogP contribution in [0.2, 0.25) is 5.02 Å². The van der Waals surface area contributed by atoms with Crippen LogP contribution in [0.3, 0.4) is 0 Å². The minimum Gasteiger partial charge on any atom is -0.354 e. The molecule has 10 aromatic carbocycles. The number of H-pyrrole nitrogens is 1. The molecule has 2 nitrogen and oxygen atoms in total. The standard InChI is InChI=1S/C70H61ClN2/c1-41-27-44(4)67(45(5)28-41)53-21-24-58(25-22-53)73(59-34-55(51-17-13-11-14-18-51)33-56(35-59)52-19-15-12-16-20-52)60-39-61(50(10)65(71)40-60)63-37-57(69-48(8)31-43(3)32-49(69)9)38-64-62-36-54(23-26-66(62)72-70(63)64)68-46(6)29-42(2)30-47(68)7/h11-40,72H,1-10H3. The summed E-state index contributed by atoms with van der Waals surface area (Å²) in [5.41, 5.74) is 31.9. The Morgan fingerprint density at radius 2 is 0.781 bits per heavy atom. The molecule has 0 aliphatic carbocycles. The molecule has 3 heteroatoms. The van der Waals surface area contributed by atoms with Crippen LogP contribution in [0.4, 0.5) is 17.1 Å². The van der Waals surface area contributed by atoms with Gasteiger partial charge in [0.05, 0.1) is 5.52 Å². The van der Waals surface area contributed by atoms with Gasteiger partial charge in [-0.3, -0.25) is 0 Å². The smallest absolute Gasteiger partial charge is 0.0545 e. The number of aromatic amines is 1. The van der Waals surface area contributed by atoms with Crippen LogP contribution < -0.4 is 4.90 Å². The van der Waals surface area contributed by atoms with Crippen molar-refractivity contribution in [1.82, 2.24) is 4.98 Å². The van der Waals surface area contributed by atoms with E-state index >= 15 is 0 Å². The first kappa shape index (κ1) is 47.4. The maximum Gasteiger partial charge on any atom is 0.0545 e. The molecule has 11 rings (SSSR count). The Morgan fingerprint density at radius 3 is 1.30 bits per heavy atom. The van der Waals surface area contributed by atoms with Crippen LogP contribution in [0, 0.1) is 69.2 Å². The van der Waals surface area contributed by atoms with Crippen LogP contribution in [0.5, 0.6) is 0 Å². The van der Waals surface area contributed by atoms with Crippen LogP contribution in [0.1, 0.15) is 55.6 Å².